The van der Waals surface area contributed by atoms with Gasteiger partial charge in [0.05, 0.1) is 12.7 Å². The molecule has 104 valence electrons. The Morgan fingerprint density at radius 3 is 2.74 bits per heavy atom. The number of benzene rings is 1. The molecule has 0 atom stereocenters. The number of aromatic hydroxyl groups is 1. The number of ether oxygens (including phenoxy) is 1. The van der Waals surface area contributed by atoms with E-state index in [0.29, 0.717) is 13.0 Å². The van der Waals surface area contributed by atoms with E-state index in [1.807, 2.05) is 0 Å². The molecule has 0 heterocycles. The van der Waals surface area contributed by atoms with E-state index < -0.39 is 11.7 Å². The van der Waals surface area contributed by atoms with Gasteiger partial charge in [0.25, 0.3) is 5.91 Å². The lowest BCUT2D eigenvalue weighted by atomic mass is 10.1. The second-order valence-electron chi connectivity index (χ2n) is 4.07. The number of hydrogen-bond acceptors (Lipinski definition) is 4. The van der Waals surface area contributed by atoms with Crippen LogP contribution < -0.4 is 0 Å². The average Bonchev–Trinajstić information content (AvgIpc) is 2.40. The average molecular weight is 269 g/mol. The first-order valence-corrected chi connectivity index (χ1v) is 5.76. The summed E-state index contributed by atoms with van der Waals surface area (Å²) in [6.45, 7) is 0.309. The number of nitrogens with zero attached hydrogens (tertiary/aromatic N) is 1. The lowest BCUT2D eigenvalue weighted by Crippen LogP contribution is -2.28. The lowest BCUT2D eigenvalue weighted by molar-refractivity contribution is -0.140. The van der Waals surface area contributed by atoms with Gasteiger partial charge in [-0.3, -0.25) is 9.59 Å². The summed E-state index contributed by atoms with van der Waals surface area (Å²) in [5.41, 5.74) is -0.0967. The second-order valence-corrected chi connectivity index (χ2v) is 4.07. The Morgan fingerprint density at radius 1 is 1.42 bits per heavy atom. The first-order valence-electron chi connectivity index (χ1n) is 5.76. The summed E-state index contributed by atoms with van der Waals surface area (Å²) in [7, 11) is 2.81. The number of methoxy groups -OCH3 is 1. The molecule has 0 aliphatic carbocycles. The summed E-state index contributed by atoms with van der Waals surface area (Å²) in [6.07, 6.45) is 0.633. The summed E-state index contributed by atoms with van der Waals surface area (Å²) < 4.78 is 17.5. The molecule has 0 bridgehead atoms. The van der Waals surface area contributed by atoms with Crippen LogP contribution in [-0.2, 0) is 9.53 Å². The predicted molar refractivity (Wildman–Crippen MR) is 66.3 cm³/mol. The highest BCUT2D eigenvalue weighted by Crippen LogP contribution is 2.19. The fourth-order valence-corrected chi connectivity index (χ4v) is 1.55. The SMILES string of the molecule is COC(=O)CCCN(C)C(=O)c1cc(F)ccc1O. The van der Waals surface area contributed by atoms with Crippen LogP contribution in [0.3, 0.4) is 0 Å². The minimum Gasteiger partial charge on any atom is -0.507 e. The van der Waals surface area contributed by atoms with Crippen LogP contribution in [0.25, 0.3) is 0 Å². The van der Waals surface area contributed by atoms with Crippen LogP contribution in [0.1, 0.15) is 23.2 Å². The number of rotatable bonds is 5. The van der Waals surface area contributed by atoms with Crippen LogP contribution in [-0.4, -0.2) is 42.6 Å². The number of amides is 1. The zero-order valence-corrected chi connectivity index (χ0v) is 10.9. The van der Waals surface area contributed by atoms with Crippen LogP contribution >= 0.6 is 0 Å². The van der Waals surface area contributed by atoms with E-state index in [4.69, 9.17) is 0 Å². The van der Waals surface area contributed by atoms with Crippen molar-refractivity contribution in [2.75, 3.05) is 20.7 Å². The number of carbonyl (C=O) groups is 2. The fourth-order valence-electron chi connectivity index (χ4n) is 1.55. The molecule has 0 radical (unpaired) electrons. The smallest absolute Gasteiger partial charge is 0.305 e. The quantitative estimate of drug-likeness (QED) is 0.824. The van der Waals surface area contributed by atoms with Gasteiger partial charge in [0, 0.05) is 20.0 Å². The molecular formula is C13H16FNO4. The Balaban J connectivity index is 2.61. The van der Waals surface area contributed by atoms with Gasteiger partial charge in [0.2, 0.25) is 0 Å². The van der Waals surface area contributed by atoms with Gasteiger partial charge in [-0.05, 0) is 24.6 Å². The maximum atomic E-state index is 13.0. The maximum absolute atomic E-state index is 13.0. The third kappa shape index (κ3) is 4.24. The molecule has 0 spiro atoms. The Hall–Kier alpha value is -2.11. The van der Waals surface area contributed by atoms with Crippen LogP contribution in [0.4, 0.5) is 4.39 Å². The van der Waals surface area contributed by atoms with Crippen molar-refractivity contribution >= 4 is 11.9 Å². The molecule has 0 unspecified atom stereocenters. The monoisotopic (exact) mass is 269 g/mol. The largest absolute Gasteiger partial charge is 0.507 e. The first kappa shape index (κ1) is 14.9. The normalized spacial score (nSPS) is 10.1. The summed E-state index contributed by atoms with van der Waals surface area (Å²) in [6, 6.07) is 3.18. The van der Waals surface area contributed by atoms with Crippen molar-refractivity contribution in [3.8, 4) is 5.75 Å². The molecule has 0 aliphatic heterocycles. The van der Waals surface area contributed by atoms with Gasteiger partial charge >= 0.3 is 5.97 Å². The zero-order chi connectivity index (χ0) is 14.4. The Bertz CT molecular complexity index is 476. The van der Waals surface area contributed by atoms with Crippen LogP contribution in [0.2, 0.25) is 0 Å². The van der Waals surface area contributed by atoms with E-state index in [2.05, 4.69) is 4.74 Å². The number of esters is 1. The Morgan fingerprint density at radius 2 is 2.11 bits per heavy atom. The number of halogens is 1. The minimum absolute atomic E-state index is 0.0967. The molecule has 0 saturated carbocycles. The summed E-state index contributed by atoms with van der Waals surface area (Å²) in [5, 5.41) is 9.52. The second kappa shape index (κ2) is 6.72. The van der Waals surface area contributed by atoms with Gasteiger partial charge in [0.15, 0.2) is 0 Å². The standard InChI is InChI=1S/C13H16FNO4/c1-15(7-3-4-12(17)19-2)13(18)10-8-9(14)5-6-11(10)16/h5-6,8,16H,3-4,7H2,1-2H3. The van der Waals surface area contributed by atoms with Crippen molar-refractivity contribution in [1.29, 1.82) is 0 Å². The molecule has 0 aromatic heterocycles. The molecule has 19 heavy (non-hydrogen) atoms. The van der Waals surface area contributed by atoms with Crippen molar-refractivity contribution in [3.05, 3.63) is 29.6 Å². The molecule has 1 rings (SSSR count). The molecule has 5 nitrogen and oxygen atoms in total. The zero-order valence-electron chi connectivity index (χ0n) is 10.9. The van der Waals surface area contributed by atoms with Gasteiger partial charge in [0.1, 0.15) is 11.6 Å². The van der Waals surface area contributed by atoms with E-state index in [1.165, 1.54) is 19.1 Å². The lowest BCUT2D eigenvalue weighted by Gasteiger charge is -2.17. The summed E-state index contributed by atoms with van der Waals surface area (Å²) in [4.78, 5) is 24.2. The highest BCUT2D eigenvalue weighted by molar-refractivity contribution is 5.96. The molecule has 6 heteroatoms. The van der Waals surface area contributed by atoms with Crippen molar-refractivity contribution in [3.63, 3.8) is 0 Å². The molecule has 1 aromatic carbocycles. The maximum Gasteiger partial charge on any atom is 0.305 e. The predicted octanol–water partition coefficient (Wildman–Crippen LogP) is 1.56. The van der Waals surface area contributed by atoms with Gasteiger partial charge in [-0.25, -0.2) is 4.39 Å². The summed E-state index contributed by atoms with van der Waals surface area (Å²) in [5.74, 6) is -1.72. The highest BCUT2D eigenvalue weighted by atomic mass is 19.1. The van der Waals surface area contributed by atoms with Crippen LogP contribution in [0, 0.1) is 5.82 Å². The number of phenols is 1. The van der Waals surface area contributed by atoms with E-state index in [0.717, 1.165) is 18.2 Å². The molecule has 1 aromatic rings. The van der Waals surface area contributed by atoms with Crippen LogP contribution in [0.15, 0.2) is 18.2 Å². The fraction of sp³-hybridized carbons (Fsp3) is 0.385. The van der Waals surface area contributed by atoms with E-state index in [9.17, 15) is 19.1 Å². The summed E-state index contributed by atoms with van der Waals surface area (Å²) >= 11 is 0. The molecular weight excluding hydrogens is 253 g/mol. The molecule has 0 aliphatic rings. The third-order valence-electron chi connectivity index (χ3n) is 2.64. The van der Waals surface area contributed by atoms with Crippen LogP contribution in [0.5, 0.6) is 5.75 Å². The van der Waals surface area contributed by atoms with Gasteiger partial charge in [-0.2, -0.15) is 0 Å². The number of hydrogen-bond donors (Lipinski definition) is 1. The first-order chi connectivity index (χ1) is 8.95. The minimum atomic E-state index is -0.593. The van der Waals surface area contributed by atoms with E-state index in [-0.39, 0.29) is 23.7 Å². The van der Waals surface area contributed by atoms with E-state index in [1.54, 1.807) is 0 Å². The van der Waals surface area contributed by atoms with Crippen molar-refractivity contribution in [1.82, 2.24) is 4.90 Å². The van der Waals surface area contributed by atoms with E-state index >= 15 is 0 Å². The molecule has 1 N–H and O–H groups in total. The van der Waals surface area contributed by atoms with Crippen molar-refractivity contribution < 1.29 is 23.8 Å². The van der Waals surface area contributed by atoms with Gasteiger partial charge in [-0.1, -0.05) is 0 Å². The highest BCUT2D eigenvalue weighted by Gasteiger charge is 2.16. The van der Waals surface area contributed by atoms with Gasteiger partial charge < -0.3 is 14.7 Å². The van der Waals surface area contributed by atoms with Crippen molar-refractivity contribution in [2.24, 2.45) is 0 Å². The Labute approximate surface area is 110 Å². The molecule has 0 fully saturated rings. The Kier molecular flexibility index (Phi) is 5.29. The molecule has 0 saturated heterocycles. The number of phenolic OH excluding ortho intramolecular Hbond substituents is 1. The van der Waals surface area contributed by atoms with Crippen molar-refractivity contribution in [2.45, 2.75) is 12.8 Å². The van der Waals surface area contributed by atoms with Gasteiger partial charge in [-0.15, -0.1) is 0 Å². The number of carbonyl (C=O) groups excluding carboxylic acids is 2. The topological polar surface area (TPSA) is 66.8 Å². The third-order valence-corrected chi connectivity index (χ3v) is 2.64. The molecule has 1 amide bonds.